The van der Waals surface area contributed by atoms with E-state index in [0.29, 0.717) is 5.82 Å². The highest BCUT2D eigenvalue weighted by Gasteiger charge is 2.41. The SMILES string of the molecule is Cc1ccc(C2=C3C(=C4C(=C3c3ccccc3)CCCc3ccccc34)C[B]C3CCC4=C(CCCc5ccccc54)C(c4ccccc4)=C23)cc1. The Bertz CT molecular complexity index is 2380. The van der Waals surface area contributed by atoms with Gasteiger partial charge in [0.25, 0.3) is 0 Å². The zero-order chi connectivity index (χ0) is 34.6. The van der Waals surface area contributed by atoms with Crippen LogP contribution in [0.4, 0.5) is 0 Å². The van der Waals surface area contributed by atoms with Crippen molar-refractivity contribution in [1.82, 2.24) is 0 Å². The van der Waals surface area contributed by atoms with E-state index in [9.17, 15) is 0 Å². The van der Waals surface area contributed by atoms with Gasteiger partial charge in [0.15, 0.2) is 0 Å². The summed E-state index contributed by atoms with van der Waals surface area (Å²) in [5.41, 5.74) is 26.5. The summed E-state index contributed by atoms with van der Waals surface area (Å²) in [6, 6.07) is 51.0. The molecule has 0 saturated heterocycles. The highest BCUT2D eigenvalue weighted by Crippen LogP contribution is 2.60. The fourth-order valence-corrected chi connectivity index (χ4v) is 10.2. The second-order valence-electron chi connectivity index (χ2n) is 15.4. The van der Waals surface area contributed by atoms with Crippen molar-refractivity contribution in [2.45, 2.75) is 70.4 Å². The second kappa shape index (κ2) is 13.1. The van der Waals surface area contributed by atoms with E-state index in [1.165, 1.54) is 90.8 Å². The smallest absolute Gasteiger partial charge is 0.0622 e. The average Bonchev–Trinajstić information content (AvgIpc) is 3.43. The largest absolute Gasteiger partial charge is 0.125 e. The Hall–Kier alpha value is -5.14. The topological polar surface area (TPSA) is 0 Å². The monoisotopic (exact) mass is 667 g/mol. The van der Waals surface area contributed by atoms with Crippen LogP contribution in [0.5, 0.6) is 0 Å². The van der Waals surface area contributed by atoms with Gasteiger partial charge in [-0.1, -0.05) is 145 Å². The van der Waals surface area contributed by atoms with Crippen LogP contribution in [0.3, 0.4) is 0 Å². The van der Waals surface area contributed by atoms with Gasteiger partial charge >= 0.3 is 0 Å². The van der Waals surface area contributed by atoms with Gasteiger partial charge in [0.2, 0.25) is 0 Å². The van der Waals surface area contributed by atoms with Crippen LogP contribution in [0.1, 0.15) is 83.0 Å². The van der Waals surface area contributed by atoms with Crippen molar-refractivity contribution in [3.63, 3.8) is 0 Å². The third kappa shape index (κ3) is 5.20. The lowest BCUT2D eigenvalue weighted by Crippen LogP contribution is -2.09. The molecule has 0 aromatic heterocycles. The summed E-state index contributed by atoms with van der Waals surface area (Å²) >= 11 is 0. The standard InChI is InChI=1S/C51H44B/c1-33-26-28-38(29-27-33)48-50-44(49-40-23-11-9-15-35(40)21-13-25-43(49)47(50)37-18-6-3-7-19-37)32-52-45-31-30-41-39-22-10-8-14-34(39)20-12-24-42(41)46(51(45)48)36-16-4-2-5-17-36/h2-11,14-19,22-23,26-29,45H,12-13,20-21,24-25,30-32H2,1H3. The van der Waals surface area contributed by atoms with E-state index in [0.717, 1.165) is 44.8 Å². The summed E-state index contributed by atoms with van der Waals surface area (Å²) in [5, 5.41) is 0. The Labute approximate surface area is 310 Å². The zero-order valence-corrected chi connectivity index (χ0v) is 30.2. The van der Waals surface area contributed by atoms with Crippen molar-refractivity contribution in [3.8, 4) is 0 Å². The van der Waals surface area contributed by atoms with Gasteiger partial charge in [-0.3, -0.25) is 0 Å². The van der Waals surface area contributed by atoms with Crippen LogP contribution < -0.4 is 0 Å². The lowest BCUT2D eigenvalue weighted by molar-refractivity contribution is 0.836. The molecule has 1 aliphatic heterocycles. The molecule has 0 amide bonds. The first-order valence-corrected chi connectivity index (χ1v) is 19.6. The van der Waals surface area contributed by atoms with Crippen LogP contribution in [0.25, 0.3) is 27.9 Å². The predicted octanol–water partition coefficient (Wildman–Crippen LogP) is 13.0. The molecule has 5 aromatic rings. The fourth-order valence-electron chi connectivity index (χ4n) is 10.2. The quantitative estimate of drug-likeness (QED) is 0.168. The number of hydrogen-bond acceptors (Lipinski definition) is 0. The van der Waals surface area contributed by atoms with Gasteiger partial charge in [-0.25, -0.2) is 0 Å². The van der Waals surface area contributed by atoms with Crippen LogP contribution in [-0.2, 0) is 12.8 Å². The van der Waals surface area contributed by atoms with Crippen LogP contribution in [0.2, 0.25) is 12.1 Å². The Morgan fingerprint density at radius 1 is 0.423 bits per heavy atom. The summed E-state index contributed by atoms with van der Waals surface area (Å²) in [6.07, 6.45) is 10.0. The minimum atomic E-state index is 0.332. The third-order valence-corrected chi connectivity index (χ3v) is 12.4. The molecule has 1 heteroatoms. The van der Waals surface area contributed by atoms with Crippen molar-refractivity contribution in [2.24, 2.45) is 0 Å². The predicted molar refractivity (Wildman–Crippen MR) is 221 cm³/mol. The number of rotatable bonds is 3. The van der Waals surface area contributed by atoms with Crippen molar-refractivity contribution >= 4 is 35.1 Å². The molecule has 10 rings (SSSR count). The molecule has 1 atom stereocenters. The minimum Gasteiger partial charge on any atom is -0.0622 e. The molecular weight excluding hydrogens is 623 g/mol. The van der Waals surface area contributed by atoms with E-state index in [1.54, 1.807) is 22.3 Å². The first kappa shape index (κ1) is 31.6. The van der Waals surface area contributed by atoms with Gasteiger partial charge in [-0.2, -0.15) is 0 Å². The highest BCUT2D eigenvalue weighted by atomic mass is 14.4. The van der Waals surface area contributed by atoms with E-state index < -0.39 is 0 Å². The van der Waals surface area contributed by atoms with E-state index in [2.05, 4.69) is 148 Å². The Balaban J connectivity index is 1.39. The van der Waals surface area contributed by atoms with E-state index in [4.69, 9.17) is 0 Å². The first-order chi connectivity index (χ1) is 25.7. The van der Waals surface area contributed by atoms with Crippen LogP contribution >= 0.6 is 0 Å². The van der Waals surface area contributed by atoms with Crippen molar-refractivity contribution in [2.75, 3.05) is 0 Å². The van der Waals surface area contributed by atoms with Crippen LogP contribution in [-0.4, -0.2) is 7.28 Å². The van der Waals surface area contributed by atoms with Crippen LogP contribution in [0.15, 0.2) is 161 Å². The molecule has 0 spiro atoms. The molecule has 5 aromatic carbocycles. The zero-order valence-electron chi connectivity index (χ0n) is 30.2. The first-order valence-electron chi connectivity index (χ1n) is 19.6. The summed E-state index contributed by atoms with van der Waals surface area (Å²) in [4.78, 5) is 0. The minimum absolute atomic E-state index is 0.332. The molecule has 5 aliphatic rings. The van der Waals surface area contributed by atoms with Crippen molar-refractivity contribution < 1.29 is 0 Å². The molecule has 1 heterocycles. The maximum atomic E-state index is 2.74. The van der Waals surface area contributed by atoms with Gasteiger partial charge in [-0.05, 0) is 159 Å². The van der Waals surface area contributed by atoms with Crippen molar-refractivity contribution in [3.05, 3.63) is 206 Å². The molecule has 4 aliphatic carbocycles. The molecule has 1 unspecified atom stereocenters. The molecule has 0 fully saturated rings. The number of allylic oxidation sites excluding steroid dienone is 10. The molecule has 0 bridgehead atoms. The second-order valence-corrected chi connectivity index (χ2v) is 15.4. The van der Waals surface area contributed by atoms with Gasteiger partial charge < -0.3 is 0 Å². The summed E-state index contributed by atoms with van der Waals surface area (Å²) < 4.78 is 0. The molecule has 52 heavy (non-hydrogen) atoms. The lowest BCUT2D eigenvalue weighted by Gasteiger charge is -2.27. The lowest BCUT2D eigenvalue weighted by atomic mass is 9.55. The maximum absolute atomic E-state index is 2.74. The number of hydrogen-bond donors (Lipinski definition) is 0. The Kier molecular flexibility index (Phi) is 7.97. The average molecular weight is 668 g/mol. The summed E-state index contributed by atoms with van der Waals surface area (Å²) in [7, 11) is 2.74. The normalized spacial score (nSPS) is 19.7. The summed E-state index contributed by atoms with van der Waals surface area (Å²) in [6.45, 7) is 2.22. The Morgan fingerprint density at radius 2 is 1.00 bits per heavy atom. The molecular formula is C51H44B. The Morgan fingerprint density at radius 3 is 1.71 bits per heavy atom. The van der Waals surface area contributed by atoms with Gasteiger partial charge in [0.05, 0.1) is 0 Å². The molecule has 0 saturated carbocycles. The summed E-state index contributed by atoms with van der Waals surface area (Å²) in [5.74, 6) is 0.332. The van der Waals surface area contributed by atoms with E-state index in [1.807, 2.05) is 0 Å². The third-order valence-electron chi connectivity index (χ3n) is 12.4. The molecule has 0 nitrogen and oxygen atoms in total. The number of benzene rings is 5. The van der Waals surface area contributed by atoms with Crippen molar-refractivity contribution in [1.29, 1.82) is 0 Å². The molecule has 251 valence electrons. The maximum Gasteiger partial charge on any atom is 0.125 e. The van der Waals surface area contributed by atoms with Gasteiger partial charge in [-0.15, -0.1) is 0 Å². The molecule has 0 N–H and O–H groups in total. The fraction of sp³-hybridized carbons (Fsp3) is 0.216. The van der Waals surface area contributed by atoms with E-state index in [-0.39, 0.29) is 0 Å². The van der Waals surface area contributed by atoms with E-state index >= 15 is 0 Å². The number of aryl methyl sites for hydroxylation is 3. The van der Waals surface area contributed by atoms with Gasteiger partial charge in [0, 0.05) is 0 Å². The highest BCUT2D eigenvalue weighted by molar-refractivity contribution is 6.43. The molecule has 1 radical (unpaired) electrons. The van der Waals surface area contributed by atoms with Gasteiger partial charge in [0.1, 0.15) is 7.28 Å². The van der Waals surface area contributed by atoms with Crippen LogP contribution in [0, 0.1) is 6.92 Å². The number of fused-ring (bicyclic) bond motifs is 7.